The van der Waals surface area contributed by atoms with E-state index >= 15 is 0 Å². The molecule has 0 aromatic heterocycles. The maximum absolute atomic E-state index is 12.2. The number of benzene rings is 1. The number of alkyl halides is 3. The van der Waals surface area contributed by atoms with Crippen molar-refractivity contribution in [2.45, 2.75) is 6.18 Å². The topological polar surface area (TPSA) is 45.2 Å². The lowest BCUT2D eigenvalue weighted by atomic mass is 10.1. The average Bonchev–Trinajstić information content (AvgIpc) is 2.78. The van der Waals surface area contributed by atoms with Gasteiger partial charge in [-0.2, -0.15) is 13.2 Å². The van der Waals surface area contributed by atoms with Gasteiger partial charge in [-0.25, -0.2) is 4.99 Å². The number of aromatic amines is 1. The third-order valence-electron chi connectivity index (χ3n) is 3.19. The molecule has 0 bridgehead atoms. The first kappa shape index (κ1) is 13.4. The van der Waals surface area contributed by atoms with E-state index in [4.69, 9.17) is 0 Å². The summed E-state index contributed by atoms with van der Waals surface area (Å²) in [6, 6.07) is 10.8. The number of rotatable bonds is 1. The highest BCUT2D eigenvalue weighted by molar-refractivity contribution is 6.15. The van der Waals surface area contributed by atoms with Crippen LogP contribution in [0, 0.1) is 0 Å². The van der Waals surface area contributed by atoms with Crippen molar-refractivity contribution in [1.29, 1.82) is 0 Å². The van der Waals surface area contributed by atoms with Crippen LogP contribution in [-0.4, -0.2) is 23.3 Å². The van der Waals surface area contributed by atoms with Gasteiger partial charge >= 0.3 is 12.1 Å². The van der Waals surface area contributed by atoms with Gasteiger partial charge in [-0.15, -0.1) is 0 Å². The maximum atomic E-state index is 12.2. The first-order valence-corrected chi connectivity index (χ1v) is 6.11. The molecular weight excluding hydrogens is 281 g/mol. The number of amides is 1. The fourth-order valence-corrected chi connectivity index (χ4v) is 2.30. The summed E-state index contributed by atoms with van der Waals surface area (Å²) in [6.45, 7) is 0. The second-order valence-corrected chi connectivity index (χ2v) is 4.48. The summed E-state index contributed by atoms with van der Waals surface area (Å²) >= 11 is 0. The minimum absolute atomic E-state index is 0.495. The number of fused-ring (bicyclic) bond motifs is 3. The molecule has 0 saturated heterocycles. The standard InChI is InChI=1S/C15H9F3N2O/c16-15(17,18)14(21)20-8-12-9-4-1-2-5-10(9)13-11(12)6-3-7-19-13/h1-8,19H. The number of hydrogen-bond donors (Lipinski definition) is 1. The molecule has 1 aromatic rings. The highest BCUT2D eigenvalue weighted by Crippen LogP contribution is 2.36. The molecule has 6 heteroatoms. The van der Waals surface area contributed by atoms with E-state index in [1.807, 2.05) is 12.1 Å². The van der Waals surface area contributed by atoms with Crippen LogP contribution in [0.4, 0.5) is 13.2 Å². The molecule has 1 N–H and O–H groups in total. The van der Waals surface area contributed by atoms with Gasteiger partial charge in [-0.1, -0.05) is 30.3 Å². The van der Waals surface area contributed by atoms with E-state index < -0.39 is 12.1 Å². The Morgan fingerprint density at radius 2 is 1.81 bits per heavy atom. The van der Waals surface area contributed by atoms with Gasteiger partial charge in [0, 0.05) is 28.9 Å². The molecule has 2 aliphatic rings. The van der Waals surface area contributed by atoms with Gasteiger partial charge < -0.3 is 4.98 Å². The van der Waals surface area contributed by atoms with Gasteiger partial charge in [-0.05, 0) is 11.5 Å². The lowest BCUT2D eigenvalue weighted by molar-refractivity contribution is -0.169. The number of aromatic nitrogens is 1. The summed E-state index contributed by atoms with van der Waals surface area (Å²) < 4.78 is 36.7. The monoisotopic (exact) mass is 290 g/mol. The summed E-state index contributed by atoms with van der Waals surface area (Å²) in [5.41, 5.74) is 2.02. The molecule has 21 heavy (non-hydrogen) atoms. The summed E-state index contributed by atoms with van der Waals surface area (Å²) in [5, 5.41) is 1.61. The lowest BCUT2D eigenvalue weighted by Gasteiger charge is -2.01. The van der Waals surface area contributed by atoms with E-state index in [2.05, 4.69) is 9.98 Å². The van der Waals surface area contributed by atoms with Crippen LogP contribution in [0.3, 0.4) is 0 Å². The molecule has 3 nitrogen and oxygen atoms in total. The van der Waals surface area contributed by atoms with Crippen molar-refractivity contribution in [1.82, 2.24) is 4.98 Å². The number of nitrogens with zero attached hydrogens (tertiary/aromatic N) is 1. The number of halogens is 3. The second-order valence-electron chi connectivity index (χ2n) is 4.48. The Morgan fingerprint density at radius 3 is 2.52 bits per heavy atom. The van der Waals surface area contributed by atoms with Gasteiger partial charge in [-0.3, -0.25) is 4.79 Å². The van der Waals surface area contributed by atoms with Crippen LogP contribution in [0.25, 0.3) is 22.0 Å². The van der Waals surface area contributed by atoms with E-state index in [9.17, 15) is 18.0 Å². The number of carbonyl (C=O) groups is 1. The van der Waals surface area contributed by atoms with Crippen LogP contribution in [0.5, 0.6) is 0 Å². The van der Waals surface area contributed by atoms with Crippen LogP contribution < -0.4 is 0 Å². The molecule has 0 unspecified atom stereocenters. The molecule has 0 saturated carbocycles. The molecular formula is C15H9F3N2O. The van der Waals surface area contributed by atoms with Gasteiger partial charge in [0.15, 0.2) is 0 Å². The number of H-pyrrole nitrogens is 1. The number of aliphatic imine (C=N–C) groups is 1. The summed E-state index contributed by atoms with van der Waals surface area (Å²) in [7, 11) is 0. The number of nitrogens with one attached hydrogen (secondary N) is 1. The zero-order valence-electron chi connectivity index (χ0n) is 10.6. The van der Waals surface area contributed by atoms with Gasteiger partial charge in [0.2, 0.25) is 0 Å². The van der Waals surface area contributed by atoms with Crippen LogP contribution >= 0.6 is 0 Å². The molecule has 0 spiro atoms. The Balaban J connectivity index is 2.17. The van der Waals surface area contributed by atoms with Gasteiger partial charge in [0.1, 0.15) is 0 Å². The summed E-state index contributed by atoms with van der Waals surface area (Å²) in [4.78, 5) is 17.0. The maximum Gasteiger partial charge on any atom is 0.473 e. The summed E-state index contributed by atoms with van der Waals surface area (Å²) in [6.07, 6.45) is -2.24. The minimum atomic E-state index is -4.96. The van der Waals surface area contributed by atoms with Crippen molar-refractivity contribution in [3.8, 4) is 11.3 Å². The number of carbonyl (C=O) groups excluding carboxylic acids is 1. The molecule has 0 fully saturated rings. The fraction of sp³-hybridized carbons (Fsp3) is 0.0667. The molecule has 1 aliphatic heterocycles. The van der Waals surface area contributed by atoms with Gasteiger partial charge in [0.05, 0.1) is 5.69 Å². The highest BCUT2D eigenvalue weighted by Gasteiger charge is 2.38. The van der Waals surface area contributed by atoms with Gasteiger partial charge in [0.25, 0.3) is 0 Å². The normalized spacial score (nSPS) is 12.5. The first-order chi connectivity index (χ1) is 9.98. The Kier molecular flexibility index (Phi) is 3.01. The Hall–Kier alpha value is -2.63. The molecule has 0 radical (unpaired) electrons. The van der Waals surface area contributed by atoms with Crippen molar-refractivity contribution < 1.29 is 18.0 Å². The van der Waals surface area contributed by atoms with E-state index in [1.165, 1.54) is 0 Å². The predicted octanol–water partition coefficient (Wildman–Crippen LogP) is 3.78. The van der Waals surface area contributed by atoms with Crippen molar-refractivity contribution in [3.05, 3.63) is 48.2 Å². The third kappa shape index (κ3) is 2.29. The molecule has 1 aliphatic carbocycles. The van der Waals surface area contributed by atoms with Crippen LogP contribution in [-0.2, 0) is 4.79 Å². The van der Waals surface area contributed by atoms with E-state index in [0.717, 1.165) is 28.2 Å². The van der Waals surface area contributed by atoms with Crippen molar-refractivity contribution in [3.63, 3.8) is 0 Å². The predicted molar refractivity (Wildman–Crippen MR) is 73.6 cm³/mol. The number of pyridine rings is 1. The van der Waals surface area contributed by atoms with Crippen LogP contribution in [0.15, 0.2) is 47.6 Å². The fourth-order valence-electron chi connectivity index (χ4n) is 2.30. The molecule has 106 valence electrons. The van der Waals surface area contributed by atoms with E-state index in [0.29, 0.717) is 5.56 Å². The largest absolute Gasteiger partial charge is 0.473 e. The number of hydrogen-bond acceptors (Lipinski definition) is 1. The van der Waals surface area contributed by atoms with E-state index in [-0.39, 0.29) is 0 Å². The van der Waals surface area contributed by atoms with Crippen LogP contribution in [0.2, 0.25) is 0 Å². The van der Waals surface area contributed by atoms with Crippen molar-refractivity contribution in [2.24, 2.45) is 4.99 Å². The smallest absolute Gasteiger partial charge is 0.361 e. The zero-order chi connectivity index (χ0) is 15.0. The summed E-state index contributed by atoms with van der Waals surface area (Å²) in [5.74, 6) is -2.11. The molecule has 1 aromatic carbocycles. The molecule has 1 amide bonds. The second kappa shape index (κ2) is 4.73. The molecule has 1 heterocycles. The Bertz CT molecular complexity index is 817. The Labute approximate surface area is 117 Å². The first-order valence-electron chi connectivity index (χ1n) is 6.11. The van der Waals surface area contributed by atoms with Crippen molar-refractivity contribution in [2.75, 3.05) is 0 Å². The Morgan fingerprint density at radius 1 is 1.10 bits per heavy atom. The highest BCUT2D eigenvalue weighted by atomic mass is 19.4. The van der Waals surface area contributed by atoms with E-state index in [1.54, 1.807) is 30.5 Å². The molecule has 3 rings (SSSR count). The SMILES string of the molecule is O=C(N=Cc1c2ccc[nH]c-2c2ccccc12)C(F)(F)F. The zero-order valence-corrected chi connectivity index (χ0v) is 10.6. The average molecular weight is 290 g/mol. The third-order valence-corrected chi connectivity index (χ3v) is 3.19. The van der Waals surface area contributed by atoms with Crippen LogP contribution in [0.1, 0.15) is 5.56 Å². The minimum Gasteiger partial charge on any atom is -0.361 e. The molecule has 0 atom stereocenters. The quantitative estimate of drug-likeness (QED) is 0.681. The lowest BCUT2D eigenvalue weighted by Crippen LogP contribution is -2.20. The van der Waals surface area contributed by atoms with Crippen molar-refractivity contribution >= 4 is 22.9 Å².